The van der Waals surface area contributed by atoms with Crippen LogP contribution >= 0.6 is 0 Å². The van der Waals surface area contributed by atoms with Gasteiger partial charge in [0.15, 0.2) is 0 Å². The SMILES string of the molecule is N#CC1(C(=O)NCCCC2CC2)CCC1. The molecule has 0 heterocycles. The Bertz CT molecular complexity index is 284. The molecule has 0 aromatic carbocycles. The van der Waals surface area contributed by atoms with Gasteiger partial charge in [-0.15, -0.1) is 0 Å². The van der Waals surface area contributed by atoms with Crippen molar-refractivity contribution in [3.05, 3.63) is 0 Å². The molecule has 82 valence electrons. The van der Waals surface area contributed by atoms with Crippen LogP contribution in [0.3, 0.4) is 0 Å². The van der Waals surface area contributed by atoms with Gasteiger partial charge in [0.1, 0.15) is 5.41 Å². The minimum atomic E-state index is -0.667. The van der Waals surface area contributed by atoms with E-state index in [1.165, 1.54) is 19.3 Å². The maximum Gasteiger partial charge on any atom is 0.240 e. The summed E-state index contributed by atoms with van der Waals surface area (Å²) in [6.07, 6.45) is 7.56. The highest BCUT2D eigenvalue weighted by Crippen LogP contribution is 2.40. The molecule has 2 saturated carbocycles. The number of nitrogens with one attached hydrogen (secondary N) is 1. The van der Waals surface area contributed by atoms with Gasteiger partial charge in [0.05, 0.1) is 6.07 Å². The molecule has 2 aliphatic carbocycles. The molecule has 0 aromatic rings. The number of rotatable bonds is 5. The maximum absolute atomic E-state index is 11.7. The first-order chi connectivity index (χ1) is 7.27. The van der Waals surface area contributed by atoms with E-state index in [1.807, 2.05) is 0 Å². The van der Waals surface area contributed by atoms with Crippen molar-refractivity contribution < 1.29 is 4.79 Å². The molecule has 15 heavy (non-hydrogen) atoms. The molecule has 0 atom stereocenters. The first-order valence-electron chi connectivity index (χ1n) is 5.96. The quantitative estimate of drug-likeness (QED) is 0.699. The van der Waals surface area contributed by atoms with E-state index in [2.05, 4.69) is 11.4 Å². The highest BCUT2D eigenvalue weighted by atomic mass is 16.2. The summed E-state index contributed by atoms with van der Waals surface area (Å²) in [5.41, 5.74) is -0.667. The summed E-state index contributed by atoms with van der Waals surface area (Å²) in [5, 5.41) is 11.8. The van der Waals surface area contributed by atoms with Gasteiger partial charge in [-0.3, -0.25) is 4.79 Å². The van der Waals surface area contributed by atoms with Gasteiger partial charge in [-0.05, 0) is 38.0 Å². The van der Waals surface area contributed by atoms with Crippen LogP contribution < -0.4 is 5.32 Å². The Morgan fingerprint density at radius 1 is 1.47 bits per heavy atom. The third kappa shape index (κ3) is 2.31. The van der Waals surface area contributed by atoms with Gasteiger partial charge in [0.25, 0.3) is 0 Å². The van der Waals surface area contributed by atoms with Crippen LogP contribution in [0.4, 0.5) is 0 Å². The summed E-state index contributed by atoms with van der Waals surface area (Å²) >= 11 is 0. The Kier molecular flexibility index (Phi) is 2.95. The van der Waals surface area contributed by atoms with Gasteiger partial charge < -0.3 is 5.32 Å². The normalized spacial score (nSPS) is 22.6. The number of carbonyl (C=O) groups excluding carboxylic acids is 1. The molecule has 2 rings (SSSR count). The molecule has 3 heteroatoms. The first-order valence-corrected chi connectivity index (χ1v) is 5.96. The van der Waals surface area contributed by atoms with Crippen LogP contribution in [0, 0.1) is 22.7 Å². The van der Waals surface area contributed by atoms with E-state index in [-0.39, 0.29) is 5.91 Å². The van der Waals surface area contributed by atoms with Crippen LogP contribution in [0.15, 0.2) is 0 Å². The topological polar surface area (TPSA) is 52.9 Å². The Labute approximate surface area is 90.8 Å². The highest BCUT2D eigenvalue weighted by molar-refractivity contribution is 5.86. The lowest BCUT2D eigenvalue weighted by Crippen LogP contribution is -2.44. The molecule has 0 unspecified atom stereocenters. The molecule has 2 aliphatic rings. The van der Waals surface area contributed by atoms with Gasteiger partial charge in [-0.25, -0.2) is 0 Å². The number of hydrogen-bond donors (Lipinski definition) is 1. The molecule has 0 spiro atoms. The van der Waals surface area contributed by atoms with Crippen molar-refractivity contribution in [2.24, 2.45) is 11.3 Å². The number of nitriles is 1. The summed E-state index contributed by atoms with van der Waals surface area (Å²) in [6, 6.07) is 2.16. The third-order valence-electron chi connectivity index (χ3n) is 3.63. The van der Waals surface area contributed by atoms with Crippen molar-refractivity contribution >= 4 is 5.91 Å². The van der Waals surface area contributed by atoms with E-state index in [4.69, 9.17) is 5.26 Å². The lowest BCUT2D eigenvalue weighted by atomic mass is 9.69. The zero-order valence-corrected chi connectivity index (χ0v) is 9.09. The van der Waals surface area contributed by atoms with E-state index >= 15 is 0 Å². The van der Waals surface area contributed by atoms with Crippen LogP contribution in [0.5, 0.6) is 0 Å². The molecular weight excluding hydrogens is 188 g/mol. The second-order valence-corrected chi connectivity index (χ2v) is 4.89. The molecule has 1 amide bonds. The van der Waals surface area contributed by atoms with Crippen molar-refractivity contribution in [1.29, 1.82) is 5.26 Å². The van der Waals surface area contributed by atoms with Gasteiger partial charge in [0, 0.05) is 6.54 Å². The summed E-state index contributed by atoms with van der Waals surface area (Å²) in [6.45, 7) is 0.749. The molecular formula is C12H18N2O. The molecule has 0 bridgehead atoms. The smallest absolute Gasteiger partial charge is 0.240 e. The van der Waals surface area contributed by atoms with Crippen molar-refractivity contribution in [3.63, 3.8) is 0 Å². The molecule has 0 saturated heterocycles. The molecule has 1 N–H and O–H groups in total. The minimum Gasteiger partial charge on any atom is -0.355 e. The first kappa shape index (κ1) is 10.5. The second kappa shape index (κ2) is 4.22. The summed E-state index contributed by atoms with van der Waals surface area (Å²) in [4.78, 5) is 11.7. The van der Waals surface area contributed by atoms with Crippen LogP contribution in [0.25, 0.3) is 0 Å². The second-order valence-electron chi connectivity index (χ2n) is 4.89. The fraction of sp³-hybridized carbons (Fsp3) is 0.833. The zero-order chi connectivity index (χ0) is 10.7. The minimum absolute atomic E-state index is 0.0351. The van der Waals surface area contributed by atoms with Gasteiger partial charge >= 0.3 is 0 Å². The van der Waals surface area contributed by atoms with Gasteiger partial charge in [-0.2, -0.15) is 5.26 Å². The fourth-order valence-electron chi connectivity index (χ4n) is 2.09. The Hall–Kier alpha value is -1.04. The zero-order valence-electron chi connectivity index (χ0n) is 9.09. The molecule has 0 radical (unpaired) electrons. The van der Waals surface area contributed by atoms with Gasteiger partial charge in [-0.1, -0.05) is 12.8 Å². The average Bonchev–Trinajstić information content (AvgIpc) is 2.95. The van der Waals surface area contributed by atoms with Crippen LogP contribution in [0.1, 0.15) is 44.9 Å². The monoisotopic (exact) mass is 206 g/mol. The average molecular weight is 206 g/mol. The van der Waals surface area contributed by atoms with Crippen molar-refractivity contribution in [1.82, 2.24) is 5.32 Å². The van der Waals surface area contributed by atoms with E-state index in [1.54, 1.807) is 0 Å². The Morgan fingerprint density at radius 3 is 2.67 bits per heavy atom. The Balaban J connectivity index is 1.65. The summed E-state index contributed by atoms with van der Waals surface area (Å²) in [7, 11) is 0. The summed E-state index contributed by atoms with van der Waals surface area (Å²) < 4.78 is 0. The van der Waals surface area contributed by atoms with Crippen LogP contribution in [-0.2, 0) is 4.79 Å². The maximum atomic E-state index is 11.7. The van der Waals surface area contributed by atoms with Gasteiger partial charge in [0.2, 0.25) is 5.91 Å². The molecule has 3 nitrogen and oxygen atoms in total. The lowest BCUT2D eigenvalue weighted by Gasteiger charge is -2.33. The van der Waals surface area contributed by atoms with Crippen molar-refractivity contribution in [2.75, 3.05) is 6.54 Å². The number of hydrogen-bond acceptors (Lipinski definition) is 2. The molecule has 0 aliphatic heterocycles. The van der Waals surface area contributed by atoms with Crippen LogP contribution in [-0.4, -0.2) is 12.5 Å². The number of amides is 1. The van der Waals surface area contributed by atoms with E-state index < -0.39 is 5.41 Å². The Morgan fingerprint density at radius 2 is 2.20 bits per heavy atom. The van der Waals surface area contributed by atoms with E-state index in [0.29, 0.717) is 0 Å². The molecule has 2 fully saturated rings. The highest BCUT2D eigenvalue weighted by Gasteiger charge is 2.44. The van der Waals surface area contributed by atoms with Crippen molar-refractivity contribution in [2.45, 2.75) is 44.9 Å². The van der Waals surface area contributed by atoms with Crippen LogP contribution in [0.2, 0.25) is 0 Å². The predicted molar refractivity (Wildman–Crippen MR) is 56.9 cm³/mol. The number of carbonyl (C=O) groups is 1. The lowest BCUT2D eigenvalue weighted by molar-refractivity contribution is -0.131. The predicted octanol–water partition coefficient (Wildman–Crippen LogP) is 1.99. The van der Waals surface area contributed by atoms with E-state index in [9.17, 15) is 4.79 Å². The fourth-order valence-corrected chi connectivity index (χ4v) is 2.09. The third-order valence-corrected chi connectivity index (χ3v) is 3.63. The standard InChI is InChI=1S/C12H18N2O/c13-9-12(6-2-7-12)11(15)14-8-1-3-10-4-5-10/h10H,1-8H2,(H,14,15). The molecule has 0 aromatic heterocycles. The van der Waals surface area contributed by atoms with Crippen molar-refractivity contribution in [3.8, 4) is 6.07 Å². The number of nitrogens with zero attached hydrogens (tertiary/aromatic N) is 1. The largest absolute Gasteiger partial charge is 0.355 e. The van der Waals surface area contributed by atoms with E-state index in [0.717, 1.165) is 38.1 Å². The summed E-state index contributed by atoms with van der Waals surface area (Å²) in [5.74, 6) is 0.891.